The summed E-state index contributed by atoms with van der Waals surface area (Å²) < 4.78 is 18.2. The lowest BCUT2D eigenvalue weighted by atomic mass is 10.2. The number of aryl methyl sites for hydroxylation is 1. The molecule has 2 rings (SSSR count). The van der Waals surface area contributed by atoms with Gasteiger partial charge in [-0.2, -0.15) is 0 Å². The lowest BCUT2D eigenvalue weighted by molar-refractivity contribution is -0.120. The summed E-state index contributed by atoms with van der Waals surface area (Å²) in [6.45, 7) is 4.67. The molecule has 0 spiro atoms. The molecule has 2 aromatic rings. The molecule has 0 saturated heterocycles. The first-order chi connectivity index (χ1) is 11.0. The van der Waals surface area contributed by atoms with Gasteiger partial charge in [-0.05, 0) is 50.2 Å². The Balaban J connectivity index is 1.69. The summed E-state index contributed by atoms with van der Waals surface area (Å²) in [5.74, 6) is 0.258. The van der Waals surface area contributed by atoms with Crippen LogP contribution in [0.1, 0.15) is 12.5 Å². The molecule has 0 saturated carbocycles. The molecule has 122 valence electrons. The highest BCUT2D eigenvalue weighted by Gasteiger charge is 2.13. The van der Waals surface area contributed by atoms with Gasteiger partial charge in [-0.15, -0.1) is 11.8 Å². The highest BCUT2D eigenvalue weighted by atomic mass is 32.2. The van der Waals surface area contributed by atoms with Crippen molar-refractivity contribution in [2.45, 2.75) is 24.0 Å². The van der Waals surface area contributed by atoms with Crippen LogP contribution >= 0.6 is 11.8 Å². The van der Waals surface area contributed by atoms with Crippen molar-refractivity contribution >= 4 is 17.7 Å². The van der Waals surface area contributed by atoms with E-state index in [1.165, 1.54) is 29.5 Å². The molecule has 0 aromatic heterocycles. The van der Waals surface area contributed by atoms with Crippen molar-refractivity contribution in [1.82, 2.24) is 5.32 Å². The number of hydrogen-bond acceptors (Lipinski definition) is 3. The van der Waals surface area contributed by atoms with Crippen LogP contribution in [0, 0.1) is 12.7 Å². The Bertz CT molecular complexity index is 628. The zero-order valence-electron chi connectivity index (χ0n) is 13.2. The molecule has 0 bridgehead atoms. The highest BCUT2D eigenvalue weighted by Crippen LogP contribution is 2.23. The molecule has 0 aliphatic heterocycles. The number of ether oxygens (including phenoxy) is 1. The van der Waals surface area contributed by atoms with Crippen LogP contribution in [0.5, 0.6) is 5.75 Å². The SMILES string of the molecule is Cc1ccc(S[C@H](C)C(=O)NCCOc2ccc(F)cc2)cc1. The molecule has 2 aromatic carbocycles. The Labute approximate surface area is 140 Å². The molecular weight excluding hydrogens is 313 g/mol. The lowest BCUT2D eigenvalue weighted by Crippen LogP contribution is -2.33. The summed E-state index contributed by atoms with van der Waals surface area (Å²) >= 11 is 1.52. The van der Waals surface area contributed by atoms with E-state index in [0.717, 1.165) is 4.90 Å². The van der Waals surface area contributed by atoms with E-state index in [4.69, 9.17) is 4.74 Å². The smallest absolute Gasteiger partial charge is 0.233 e. The maximum absolute atomic E-state index is 12.8. The van der Waals surface area contributed by atoms with Crippen LogP contribution in [0.15, 0.2) is 53.4 Å². The van der Waals surface area contributed by atoms with Crippen molar-refractivity contribution < 1.29 is 13.9 Å². The second kappa shape index (κ2) is 8.58. The molecule has 1 N–H and O–H groups in total. The molecule has 0 radical (unpaired) electrons. The Morgan fingerprint density at radius 3 is 2.48 bits per heavy atom. The molecule has 1 atom stereocenters. The summed E-state index contributed by atoms with van der Waals surface area (Å²) in [5.41, 5.74) is 1.20. The van der Waals surface area contributed by atoms with Crippen LogP contribution in [0.3, 0.4) is 0 Å². The van der Waals surface area contributed by atoms with Gasteiger partial charge in [-0.1, -0.05) is 17.7 Å². The zero-order chi connectivity index (χ0) is 16.7. The van der Waals surface area contributed by atoms with Crippen molar-refractivity contribution in [3.8, 4) is 5.75 Å². The second-order valence-electron chi connectivity index (χ2n) is 5.17. The molecule has 0 aliphatic carbocycles. The van der Waals surface area contributed by atoms with Crippen LogP contribution in [0.25, 0.3) is 0 Å². The molecule has 3 nitrogen and oxygen atoms in total. The molecule has 0 aliphatic rings. The van der Waals surface area contributed by atoms with Crippen LogP contribution in [0.2, 0.25) is 0 Å². The maximum atomic E-state index is 12.8. The normalized spacial score (nSPS) is 11.8. The summed E-state index contributed by atoms with van der Waals surface area (Å²) in [4.78, 5) is 13.1. The highest BCUT2D eigenvalue weighted by molar-refractivity contribution is 8.00. The van der Waals surface area contributed by atoms with E-state index >= 15 is 0 Å². The van der Waals surface area contributed by atoms with Crippen molar-refractivity contribution in [2.75, 3.05) is 13.2 Å². The van der Waals surface area contributed by atoms with Crippen LogP contribution in [-0.4, -0.2) is 24.3 Å². The van der Waals surface area contributed by atoms with Gasteiger partial charge >= 0.3 is 0 Å². The van der Waals surface area contributed by atoms with E-state index in [1.54, 1.807) is 12.1 Å². The van der Waals surface area contributed by atoms with Crippen molar-refractivity contribution in [3.05, 3.63) is 59.9 Å². The number of nitrogens with one attached hydrogen (secondary N) is 1. The van der Waals surface area contributed by atoms with Gasteiger partial charge in [0.1, 0.15) is 18.2 Å². The van der Waals surface area contributed by atoms with E-state index in [2.05, 4.69) is 5.32 Å². The third kappa shape index (κ3) is 5.94. The molecule has 0 heterocycles. The van der Waals surface area contributed by atoms with Gasteiger partial charge in [0.2, 0.25) is 5.91 Å². The Morgan fingerprint density at radius 1 is 1.17 bits per heavy atom. The number of carbonyl (C=O) groups is 1. The van der Waals surface area contributed by atoms with Crippen LogP contribution in [-0.2, 0) is 4.79 Å². The average molecular weight is 333 g/mol. The standard InChI is InChI=1S/C18H20FNO2S/c1-13-3-9-17(10-4-13)23-14(2)18(21)20-11-12-22-16-7-5-15(19)6-8-16/h3-10,14H,11-12H2,1-2H3,(H,20,21)/t14-/m1/s1. The third-order valence-electron chi connectivity index (χ3n) is 3.19. The van der Waals surface area contributed by atoms with Gasteiger partial charge in [0.05, 0.1) is 11.8 Å². The summed E-state index contributed by atoms with van der Waals surface area (Å²) in [5, 5.41) is 2.66. The van der Waals surface area contributed by atoms with E-state index < -0.39 is 0 Å². The van der Waals surface area contributed by atoms with E-state index in [-0.39, 0.29) is 17.0 Å². The Hall–Kier alpha value is -2.01. The topological polar surface area (TPSA) is 38.3 Å². The zero-order valence-corrected chi connectivity index (χ0v) is 14.0. The van der Waals surface area contributed by atoms with Crippen molar-refractivity contribution in [3.63, 3.8) is 0 Å². The van der Waals surface area contributed by atoms with Gasteiger partial charge in [-0.3, -0.25) is 4.79 Å². The van der Waals surface area contributed by atoms with Gasteiger partial charge < -0.3 is 10.1 Å². The van der Waals surface area contributed by atoms with Crippen LogP contribution in [0.4, 0.5) is 4.39 Å². The fraction of sp³-hybridized carbons (Fsp3) is 0.278. The van der Waals surface area contributed by atoms with E-state index in [1.807, 2.05) is 38.1 Å². The van der Waals surface area contributed by atoms with Crippen molar-refractivity contribution in [1.29, 1.82) is 0 Å². The van der Waals surface area contributed by atoms with Gasteiger partial charge in [0, 0.05) is 4.90 Å². The second-order valence-corrected chi connectivity index (χ2v) is 6.58. The summed E-state index contributed by atoms with van der Waals surface area (Å²) in [6, 6.07) is 13.9. The number of hydrogen-bond donors (Lipinski definition) is 1. The predicted octanol–water partition coefficient (Wildman–Crippen LogP) is 3.81. The van der Waals surface area contributed by atoms with E-state index in [9.17, 15) is 9.18 Å². The number of carbonyl (C=O) groups excluding carboxylic acids is 1. The minimum Gasteiger partial charge on any atom is -0.492 e. The Kier molecular flexibility index (Phi) is 6.47. The molecule has 5 heteroatoms. The molecule has 23 heavy (non-hydrogen) atoms. The first-order valence-electron chi connectivity index (χ1n) is 7.44. The van der Waals surface area contributed by atoms with Crippen molar-refractivity contribution in [2.24, 2.45) is 0 Å². The number of halogens is 1. The number of rotatable bonds is 7. The number of thioether (sulfide) groups is 1. The first-order valence-corrected chi connectivity index (χ1v) is 8.32. The minimum atomic E-state index is -0.299. The monoisotopic (exact) mass is 333 g/mol. The Morgan fingerprint density at radius 2 is 1.83 bits per heavy atom. The minimum absolute atomic E-state index is 0.0294. The quantitative estimate of drug-likeness (QED) is 0.618. The summed E-state index contributed by atoms with van der Waals surface area (Å²) in [7, 11) is 0. The largest absolute Gasteiger partial charge is 0.492 e. The average Bonchev–Trinajstić information content (AvgIpc) is 2.55. The molecule has 0 fully saturated rings. The first kappa shape index (κ1) is 17.3. The van der Waals surface area contributed by atoms with Crippen LogP contribution < -0.4 is 10.1 Å². The fourth-order valence-electron chi connectivity index (χ4n) is 1.89. The third-order valence-corrected chi connectivity index (χ3v) is 4.30. The predicted molar refractivity (Wildman–Crippen MR) is 91.4 cm³/mol. The molecule has 0 unspecified atom stereocenters. The molecular formula is C18H20FNO2S. The maximum Gasteiger partial charge on any atom is 0.233 e. The summed E-state index contributed by atoms with van der Waals surface area (Å²) in [6.07, 6.45) is 0. The fourth-order valence-corrected chi connectivity index (χ4v) is 2.78. The number of benzene rings is 2. The lowest BCUT2D eigenvalue weighted by Gasteiger charge is -2.12. The molecule has 1 amide bonds. The van der Waals surface area contributed by atoms with Gasteiger partial charge in [0.15, 0.2) is 0 Å². The van der Waals surface area contributed by atoms with Gasteiger partial charge in [0.25, 0.3) is 0 Å². The van der Waals surface area contributed by atoms with E-state index in [0.29, 0.717) is 18.9 Å². The van der Waals surface area contributed by atoms with Gasteiger partial charge in [-0.25, -0.2) is 4.39 Å². The number of amides is 1.